The molecule has 1 fully saturated rings. The molecule has 1 aliphatic carbocycles. The first-order chi connectivity index (χ1) is 14.0. The van der Waals surface area contributed by atoms with Gasteiger partial charge in [0.25, 0.3) is 0 Å². The number of rotatable bonds is 14. The number of hydrogen-bond donors (Lipinski definition) is 4. The van der Waals surface area contributed by atoms with E-state index < -0.39 is 43.9 Å². The molecule has 10 nitrogen and oxygen atoms in total. The van der Waals surface area contributed by atoms with E-state index >= 15 is 0 Å². The maximum atomic E-state index is 12.4. The summed E-state index contributed by atoms with van der Waals surface area (Å²) >= 11 is 11.3. The van der Waals surface area contributed by atoms with Gasteiger partial charge in [-0.25, -0.2) is 9.24 Å². The number of aliphatic hydroxyl groups is 3. The molecule has 7 unspecified atom stereocenters. The van der Waals surface area contributed by atoms with Gasteiger partial charge in [-0.2, -0.15) is 0 Å². The average Bonchev–Trinajstić information content (AvgIpc) is 2.71. The summed E-state index contributed by atoms with van der Waals surface area (Å²) in [4.78, 5) is 10.1. The van der Waals surface area contributed by atoms with E-state index in [4.69, 9.17) is 41.9 Å². The summed E-state index contributed by atoms with van der Waals surface area (Å²) in [7, 11) is -1.25. The van der Waals surface area contributed by atoms with Gasteiger partial charge in [-0.3, -0.25) is 4.52 Å². The fourth-order valence-corrected chi connectivity index (χ4v) is 5.03. The van der Waals surface area contributed by atoms with Crippen molar-refractivity contribution in [2.45, 2.75) is 50.0 Å². The van der Waals surface area contributed by atoms with Crippen LogP contribution in [0.1, 0.15) is 19.8 Å². The topological polar surface area (TPSA) is 138 Å². The third kappa shape index (κ3) is 8.10. The number of hydrogen-bond acceptors (Lipinski definition) is 8. The fraction of sp³-hybridized carbons (Fsp3) is 1.00. The first kappa shape index (κ1) is 28.5. The predicted octanol–water partition coefficient (Wildman–Crippen LogP) is 0.770. The normalized spacial score (nSPS) is 31.5. The molecule has 0 aliphatic heterocycles. The number of halogens is 2. The Morgan fingerprint density at radius 3 is 2.20 bits per heavy atom. The highest BCUT2D eigenvalue weighted by atomic mass is 35.5. The van der Waals surface area contributed by atoms with Crippen LogP contribution in [0.25, 0.3) is 0 Å². The van der Waals surface area contributed by atoms with Crippen molar-refractivity contribution >= 4 is 30.9 Å². The highest BCUT2D eigenvalue weighted by molar-refractivity contribution is 7.50. The lowest BCUT2D eigenvalue weighted by atomic mass is 9.81. The SMILES string of the molecule is COC1CC(COC(C)(CCOP(=O)(O)N(CCCl)CCCl)OC)C(O)C(O)C1O. The predicted molar refractivity (Wildman–Crippen MR) is 112 cm³/mol. The van der Waals surface area contributed by atoms with Crippen LogP contribution in [-0.2, 0) is 23.3 Å². The number of aliphatic hydroxyl groups excluding tert-OH is 3. The number of alkyl halides is 2. The molecule has 7 atom stereocenters. The summed E-state index contributed by atoms with van der Waals surface area (Å²) in [6, 6.07) is 0. The second-order valence-corrected chi connectivity index (χ2v) is 9.86. The van der Waals surface area contributed by atoms with Gasteiger partial charge < -0.3 is 34.4 Å². The van der Waals surface area contributed by atoms with Gasteiger partial charge in [0.05, 0.1) is 25.4 Å². The zero-order valence-corrected chi connectivity index (χ0v) is 19.9. The molecular formula is C17H34Cl2NO9P. The summed E-state index contributed by atoms with van der Waals surface area (Å²) in [5.41, 5.74) is 0. The largest absolute Gasteiger partial charge is 0.405 e. The van der Waals surface area contributed by atoms with Gasteiger partial charge in [0.15, 0.2) is 5.79 Å². The van der Waals surface area contributed by atoms with Gasteiger partial charge >= 0.3 is 7.75 Å². The third-order valence-electron chi connectivity index (χ3n) is 5.29. The lowest BCUT2D eigenvalue weighted by Gasteiger charge is -2.41. The molecule has 0 saturated heterocycles. The third-order valence-corrected chi connectivity index (χ3v) is 7.27. The molecule has 30 heavy (non-hydrogen) atoms. The van der Waals surface area contributed by atoms with Crippen molar-refractivity contribution in [1.29, 1.82) is 0 Å². The van der Waals surface area contributed by atoms with Crippen LogP contribution in [0.3, 0.4) is 0 Å². The minimum Gasteiger partial charge on any atom is -0.390 e. The molecule has 13 heteroatoms. The van der Waals surface area contributed by atoms with E-state index in [2.05, 4.69) is 0 Å². The van der Waals surface area contributed by atoms with Gasteiger partial charge in [0, 0.05) is 51.4 Å². The molecule has 180 valence electrons. The monoisotopic (exact) mass is 497 g/mol. The van der Waals surface area contributed by atoms with Crippen molar-refractivity contribution in [3.05, 3.63) is 0 Å². The maximum Gasteiger partial charge on any atom is 0.405 e. The molecule has 0 amide bonds. The van der Waals surface area contributed by atoms with Gasteiger partial charge in [-0.1, -0.05) is 0 Å². The number of nitrogens with zero attached hydrogens (tertiary/aromatic N) is 1. The van der Waals surface area contributed by atoms with Crippen LogP contribution in [0.15, 0.2) is 0 Å². The number of ether oxygens (including phenoxy) is 3. The number of methoxy groups -OCH3 is 2. The molecule has 0 aromatic carbocycles. The Morgan fingerprint density at radius 1 is 1.10 bits per heavy atom. The maximum absolute atomic E-state index is 12.4. The zero-order valence-electron chi connectivity index (χ0n) is 17.5. The van der Waals surface area contributed by atoms with Crippen molar-refractivity contribution < 1.29 is 43.5 Å². The Bertz CT molecular complexity index is 541. The zero-order chi connectivity index (χ0) is 22.9. The summed E-state index contributed by atoms with van der Waals surface area (Å²) in [6.07, 6.45) is -3.98. The van der Waals surface area contributed by atoms with E-state index in [1.165, 1.54) is 18.9 Å². The molecule has 0 bridgehead atoms. The second-order valence-electron chi connectivity index (χ2n) is 7.30. The smallest absolute Gasteiger partial charge is 0.390 e. The van der Waals surface area contributed by atoms with E-state index in [1.807, 2.05) is 0 Å². The summed E-state index contributed by atoms with van der Waals surface area (Å²) in [5, 5.41) is 30.2. The Balaban J connectivity index is 2.62. The molecule has 0 radical (unpaired) electrons. The van der Waals surface area contributed by atoms with Crippen molar-refractivity contribution in [3.8, 4) is 0 Å². The molecule has 0 aromatic rings. The Labute approximate surface area is 187 Å². The van der Waals surface area contributed by atoms with Crippen molar-refractivity contribution in [2.24, 2.45) is 5.92 Å². The van der Waals surface area contributed by atoms with E-state index in [-0.39, 0.29) is 50.9 Å². The first-order valence-corrected chi connectivity index (χ1v) is 12.3. The Kier molecular flexibility index (Phi) is 12.6. The van der Waals surface area contributed by atoms with Crippen LogP contribution >= 0.6 is 30.9 Å². The second kappa shape index (κ2) is 13.2. The van der Waals surface area contributed by atoms with Crippen LogP contribution in [0.4, 0.5) is 0 Å². The van der Waals surface area contributed by atoms with E-state index in [0.29, 0.717) is 0 Å². The van der Waals surface area contributed by atoms with Gasteiger partial charge in [-0.05, 0) is 13.3 Å². The van der Waals surface area contributed by atoms with Crippen LogP contribution in [0.5, 0.6) is 0 Å². The highest BCUT2D eigenvalue weighted by Gasteiger charge is 2.43. The lowest BCUT2D eigenvalue weighted by Crippen LogP contribution is -2.55. The molecular weight excluding hydrogens is 464 g/mol. The van der Waals surface area contributed by atoms with Crippen LogP contribution in [0.2, 0.25) is 0 Å². The molecule has 4 N–H and O–H groups in total. The summed E-state index contributed by atoms with van der Waals surface area (Å²) < 4.78 is 35.1. The van der Waals surface area contributed by atoms with Gasteiger partial charge in [0.2, 0.25) is 0 Å². The van der Waals surface area contributed by atoms with E-state index in [9.17, 15) is 24.8 Å². The minimum atomic E-state index is -4.08. The van der Waals surface area contributed by atoms with Crippen molar-refractivity contribution in [2.75, 3.05) is 52.3 Å². The lowest BCUT2D eigenvalue weighted by molar-refractivity contribution is -0.240. The molecule has 0 spiro atoms. The van der Waals surface area contributed by atoms with Crippen LogP contribution in [0, 0.1) is 5.92 Å². The molecule has 1 aliphatic rings. The Hall–Kier alpha value is 0.450. The van der Waals surface area contributed by atoms with Gasteiger partial charge in [-0.15, -0.1) is 23.2 Å². The highest BCUT2D eigenvalue weighted by Crippen LogP contribution is 2.46. The first-order valence-electron chi connectivity index (χ1n) is 9.66. The minimum absolute atomic E-state index is 0.0105. The molecule has 1 rings (SSSR count). The van der Waals surface area contributed by atoms with Crippen LogP contribution in [-0.4, -0.2) is 107 Å². The van der Waals surface area contributed by atoms with Crippen molar-refractivity contribution in [3.63, 3.8) is 0 Å². The van der Waals surface area contributed by atoms with Gasteiger partial charge in [0.1, 0.15) is 12.2 Å². The standard InChI is InChI=1S/C17H34Cl2NO9P/c1-17(27-3,4-9-29-30(24,25)20(7-5-18)8-6-19)28-11-12-10-13(26-2)15(22)16(23)14(12)21/h12-16,21-23H,4-11H2,1-3H3,(H,24,25). The van der Waals surface area contributed by atoms with Crippen molar-refractivity contribution in [1.82, 2.24) is 4.67 Å². The fourth-order valence-electron chi connectivity index (χ4n) is 3.19. The van der Waals surface area contributed by atoms with Crippen LogP contribution < -0.4 is 0 Å². The quantitative estimate of drug-likeness (QED) is 0.154. The summed E-state index contributed by atoms with van der Waals surface area (Å²) in [5.74, 6) is -1.38. The molecule has 0 aromatic heterocycles. The Morgan fingerprint density at radius 2 is 1.70 bits per heavy atom. The van der Waals surface area contributed by atoms with E-state index in [0.717, 1.165) is 0 Å². The van der Waals surface area contributed by atoms with E-state index in [1.54, 1.807) is 6.92 Å². The molecule has 0 heterocycles. The average molecular weight is 498 g/mol. The summed E-state index contributed by atoms with van der Waals surface area (Å²) in [6.45, 7) is 1.79. The molecule has 1 saturated carbocycles.